The van der Waals surface area contributed by atoms with E-state index in [1.165, 1.54) is 6.07 Å². The van der Waals surface area contributed by atoms with Gasteiger partial charge in [0.25, 0.3) is 0 Å². The van der Waals surface area contributed by atoms with Crippen LogP contribution in [0.3, 0.4) is 0 Å². The first-order valence-electron chi connectivity index (χ1n) is 5.43. The van der Waals surface area contributed by atoms with Crippen LogP contribution in [-0.4, -0.2) is 12.0 Å². The molecule has 94 valence electrons. The Morgan fingerprint density at radius 3 is 2.89 bits per heavy atom. The third-order valence-electron chi connectivity index (χ3n) is 2.68. The fraction of sp³-hybridized carbons (Fsp3) is 0.154. The molecule has 5 heteroatoms. The number of nitrogens with zero attached hydrogens (tertiary/aromatic N) is 2. The highest BCUT2D eigenvalue weighted by Gasteiger charge is 2.10. The number of aromatic nitrogens is 1. The van der Waals surface area contributed by atoms with Crippen LogP contribution in [0, 0.1) is 5.82 Å². The summed E-state index contributed by atoms with van der Waals surface area (Å²) in [5.41, 5.74) is 8.20. The number of nitrogen functional groups attached to an aromatic ring is 1. The zero-order valence-electron chi connectivity index (χ0n) is 9.90. The molecule has 0 aliphatic rings. The molecular formula is C13H13BrFN3. The van der Waals surface area contributed by atoms with Crippen LogP contribution in [0.4, 0.5) is 15.8 Å². The van der Waals surface area contributed by atoms with Gasteiger partial charge in [-0.1, -0.05) is 12.1 Å². The second-order valence-electron chi connectivity index (χ2n) is 4.00. The largest absolute Gasteiger partial charge is 0.396 e. The molecule has 1 heterocycles. The van der Waals surface area contributed by atoms with Gasteiger partial charge in [0.2, 0.25) is 0 Å². The van der Waals surface area contributed by atoms with E-state index in [0.29, 0.717) is 16.7 Å². The van der Waals surface area contributed by atoms with Crippen LogP contribution in [0.2, 0.25) is 0 Å². The molecule has 0 spiro atoms. The Bertz CT molecular complexity index is 560. The van der Waals surface area contributed by atoms with Gasteiger partial charge in [0.15, 0.2) is 0 Å². The van der Waals surface area contributed by atoms with Crippen LogP contribution in [0.5, 0.6) is 0 Å². The van der Waals surface area contributed by atoms with E-state index < -0.39 is 0 Å². The molecule has 0 aliphatic heterocycles. The highest BCUT2D eigenvalue weighted by molar-refractivity contribution is 9.10. The normalized spacial score (nSPS) is 10.4. The number of halogens is 2. The molecule has 0 unspecified atom stereocenters. The molecule has 2 N–H and O–H groups in total. The van der Waals surface area contributed by atoms with Crippen molar-refractivity contribution in [2.45, 2.75) is 6.54 Å². The SMILES string of the molecule is CN(Cc1cccc(F)c1Br)c1ccncc1N. The van der Waals surface area contributed by atoms with Crippen molar-refractivity contribution in [2.75, 3.05) is 17.7 Å². The number of hydrogen-bond acceptors (Lipinski definition) is 3. The zero-order chi connectivity index (χ0) is 13.1. The third-order valence-corrected chi connectivity index (χ3v) is 3.57. The minimum absolute atomic E-state index is 0.261. The number of anilines is 2. The van der Waals surface area contributed by atoms with Crippen LogP contribution in [0.15, 0.2) is 41.1 Å². The molecule has 0 bridgehead atoms. The number of pyridine rings is 1. The fourth-order valence-electron chi connectivity index (χ4n) is 1.76. The number of benzene rings is 1. The topological polar surface area (TPSA) is 42.2 Å². The van der Waals surface area contributed by atoms with Crippen LogP contribution < -0.4 is 10.6 Å². The van der Waals surface area contributed by atoms with Crippen LogP contribution in [0.1, 0.15) is 5.56 Å². The van der Waals surface area contributed by atoms with Crippen LogP contribution in [-0.2, 0) is 6.54 Å². The molecule has 18 heavy (non-hydrogen) atoms. The van der Waals surface area contributed by atoms with E-state index in [1.54, 1.807) is 18.5 Å². The van der Waals surface area contributed by atoms with Crippen molar-refractivity contribution in [3.63, 3.8) is 0 Å². The van der Waals surface area contributed by atoms with Gasteiger partial charge in [-0.2, -0.15) is 0 Å². The Balaban J connectivity index is 2.24. The molecule has 0 radical (unpaired) electrons. The van der Waals surface area contributed by atoms with Gasteiger partial charge >= 0.3 is 0 Å². The van der Waals surface area contributed by atoms with E-state index in [1.807, 2.05) is 24.1 Å². The van der Waals surface area contributed by atoms with Gasteiger partial charge in [0, 0.05) is 19.8 Å². The van der Waals surface area contributed by atoms with Gasteiger partial charge < -0.3 is 10.6 Å². The van der Waals surface area contributed by atoms with Crippen molar-refractivity contribution in [1.29, 1.82) is 0 Å². The summed E-state index contributed by atoms with van der Waals surface area (Å²) in [6, 6.07) is 6.83. The summed E-state index contributed by atoms with van der Waals surface area (Å²) in [6.07, 6.45) is 3.29. The summed E-state index contributed by atoms with van der Waals surface area (Å²) >= 11 is 3.25. The third kappa shape index (κ3) is 2.61. The van der Waals surface area contributed by atoms with Gasteiger partial charge in [0.05, 0.1) is 22.0 Å². The van der Waals surface area contributed by atoms with Gasteiger partial charge in [-0.25, -0.2) is 4.39 Å². The Hall–Kier alpha value is -1.62. The highest BCUT2D eigenvalue weighted by Crippen LogP contribution is 2.26. The molecular weight excluding hydrogens is 297 g/mol. The first-order chi connectivity index (χ1) is 8.59. The van der Waals surface area contributed by atoms with E-state index in [-0.39, 0.29) is 5.82 Å². The molecule has 3 nitrogen and oxygen atoms in total. The van der Waals surface area contributed by atoms with E-state index >= 15 is 0 Å². The summed E-state index contributed by atoms with van der Waals surface area (Å²) in [7, 11) is 1.91. The van der Waals surface area contributed by atoms with Crippen molar-refractivity contribution in [3.05, 3.63) is 52.5 Å². The highest BCUT2D eigenvalue weighted by atomic mass is 79.9. The van der Waals surface area contributed by atoms with Crippen LogP contribution in [0.25, 0.3) is 0 Å². The van der Waals surface area contributed by atoms with Crippen molar-refractivity contribution in [3.8, 4) is 0 Å². The van der Waals surface area contributed by atoms with E-state index in [2.05, 4.69) is 20.9 Å². The van der Waals surface area contributed by atoms with Crippen molar-refractivity contribution < 1.29 is 4.39 Å². The molecule has 1 aromatic heterocycles. The molecule has 0 amide bonds. The maximum atomic E-state index is 13.4. The standard InChI is InChI=1S/C13H13BrFN3/c1-18(12-5-6-17-7-11(12)16)8-9-3-2-4-10(15)13(9)14/h2-7H,8,16H2,1H3. The lowest BCUT2D eigenvalue weighted by Gasteiger charge is -2.21. The van der Waals surface area contributed by atoms with Gasteiger partial charge in [0.1, 0.15) is 5.82 Å². The average molecular weight is 310 g/mol. The fourth-order valence-corrected chi connectivity index (χ4v) is 2.15. The Labute approximate surface area is 114 Å². The van der Waals surface area contributed by atoms with Gasteiger partial charge in [-0.15, -0.1) is 0 Å². The first kappa shape index (κ1) is 12.8. The molecule has 0 saturated carbocycles. The zero-order valence-corrected chi connectivity index (χ0v) is 11.5. The Morgan fingerprint density at radius 2 is 2.17 bits per heavy atom. The van der Waals surface area contributed by atoms with E-state index in [4.69, 9.17) is 5.73 Å². The minimum atomic E-state index is -0.261. The maximum absolute atomic E-state index is 13.4. The predicted octanol–water partition coefficient (Wildman–Crippen LogP) is 3.20. The average Bonchev–Trinajstić information content (AvgIpc) is 2.35. The molecule has 0 saturated heterocycles. The lowest BCUT2D eigenvalue weighted by atomic mass is 10.2. The summed E-state index contributed by atoms with van der Waals surface area (Å²) < 4.78 is 13.9. The molecule has 0 atom stereocenters. The van der Waals surface area contributed by atoms with E-state index in [9.17, 15) is 4.39 Å². The summed E-state index contributed by atoms with van der Waals surface area (Å²) in [5.74, 6) is -0.261. The molecule has 2 rings (SSSR count). The molecule has 0 aliphatic carbocycles. The second kappa shape index (κ2) is 5.35. The first-order valence-corrected chi connectivity index (χ1v) is 6.22. The molecule has 2 aromatic rings. The number of nitrogens with two attached hydrogens (primary N) is 1. The molecule has 0 fully saturated rings. The summed E-state index contributed by atoms with van der Waals surface area (Å²) in [4.78, 5) is 5.90. The van der Waals surface area contributed by atoms with Gasteiger partial charge in [-0.3, -0.25) is 4.98 Å². The Morgan fingerprint density at radius 1 is 1.39 bits per heavy atom. The van der Waals surface area contributed by atoms with E-state index in [0.717, 1.165) is 11.3 Å². The minimum Gasteiger partial charge on any atom is -0.396 e. The molecule has 1 aromatic carbocycles. The van der Waals surface area contributed by atoms with Crippen LogP contribution >= 0.6 is 15.9 Å². The second-order valence-corrected chi connectivity index (χ2v) is 4.80. The quantitative estimate of drug-likeness (QED) is 0.946. The smallest absolute Gasteiger partial charge is 0.137 e. The predicted molar refractivity (Wildman–Crippen MR) is 74.9 cm³/mol. The van der Waals surface area contributed by atoms with Crippen molar-refractivity contribution >= 4 is 27.3 Å². The van der Waals surface area contributed by atoms with Crippen molar-refractivity contribution in [1.82, 2.24) is 4.98 Å². The monoisotopic (exact) mass is 309 g/mol. The lowest BCUT2D eigenvalue weighted by molar-refractivity contribution is 0.617. The number of rotatable bonds is 3. The van der Waals surface area contributed by atoms with Gasteiger partial charge in [-0.05, 0) is 33.6 Å². The Kier molecular flexibility index (Phi) is 3.81. The maximum Gasteiger partial charge on any atom is 0.137 e. The van der Waals surface area contributed by atoms with Crippen molar-refractivity contribution in [2.24, 2.45) is 0 Å². The summed E-state index contributed by atoms with van der Waals surface area (Å²) in [5, 5.41) is 0. The lowest BCUT2D eigenvalue weighted by Crippen LogP contribution is -2.18. The summed E-state index contributed by atoms with van der Waals surface area (Å²) in [6.45, 7) is 0.562. The number of hydrogen-bond donors (Lipinski definition) is 1.